The summed E-state index contributed by atoms with van der Waals surface area (Å²) < 4.78 is 2.03. The van der Waals surface area contributed by atoms with E-state index in [1.807, 2.05) is 22.0 Å². The van der Waals surface area contributed by atoms with E-state index in [0.717, 1.165) is 45.7 Å². The van der Waals surface area contributed by atoms with Crippen LogP contribution in [0.25, 0.3) is 0 Å². The first kappa shape index (κ1) is 18.6. The lowest BCUT2D eigenvalue weighted by atomic mass is 10.1. The number of aromatic nitrogens is 2. The summed E-state index contributed by atoms with van der Waals surface area (Å²) in [6, 6.07) is 10.6. The normalized spacial score (nSPS) is 17.5. The first-order valence-corrected chi connectivity index (χ1v) is 9.74. The van der Waals surface area contributed by atoms with Crippen LogP contribution < -0.4 is 0 Å². The van der Waals surface area contributed by atoms with Crippen LogP contribution in [0, 0.1) is 5.92 Å². The molecule has 1 aromatic carbocycles. The Morgan fingerprint density at radius 2 is 2.15 bits per heavy atom. The fraction of sp³-hybridized carbons (Fsp3) is 0.524. The van der Waals surface area contributed by atoms with Gasteiger partial charge in [0.1, 0.15) is 0 Å². The number of nitrogens with zero attached hydrogens (tertiary/aromatic N) is 4. The molecule has 1 aliphatic heterocycles. The molecule has 1 saturated heterocycles. The number of benzene rings is 1. The summed E-state index contributed by atoms with van der Waals surface area (Å²) in [7, 11) is 0. The lowest BCUT2D eigenvalue weighted by molar-refractivity contribution is -0.131. The van der Waals surface area contributed by atoms with Crippen LogP contribution in [-0.4, -0.2) is 51.4 Å². The second-order valence-electron chi connectivity index (χ2n) is 7.21. The van der Waals surface area contributed by atoms with Gasteiger partial charge in [0.25, 0.3) is 0 Å². The summed E-state index contributed by atoms with van der Waals surface area (Å²) in [5.74, 6) is 0.880. The Labute approximate surface area is 156 Å². The van der Waals surface area contributed by atoms with Gasteiger partial charge in [-0.2, -0.15) is 0 Å². The van der Waals surface area contributed by atoms with E-state index >= 15 is 0 Å². The van der Waals surface area contributed by atoms with E-state index < -0.39 is 0 Å². The lowest BCUT2D eigenvalue weighted by Crippen LogP contribution is -2.36. The van der Waals surface area contributed by atoms with Crippen LogP contribution in [0.15, 0.2) is 49.1 Å². The second kappa shape index (κ2) is 9.53. The first-order chi connectivity index (χ1) is 12.7. The minimum atomic E-state index is 0.286. The largest absolute Gasteiger partial charge is 0.343 e. The number of imidazole rings is 1. The van der Waals surface area contributed by atoms with Crippen molar-refractivity contribution in [2.45, 2.75) is 39.3 Å². The quantitative estimate of drug-likeness (QED) is 0.695. The number of hydrogen-bond acceptors (Lipinski definition) is 3. The van der Waals surface area contributed by atoms with Crippen molar-refractivity contribution >= 4 is 5.91 Å². The van der Waals surface area contributed by atoms with Crippen molar-refractivity contribution < 1.29 is 4.79 Å². The maximum atomic E-state index is 12.6. The number of carbonyl (C=O) groups excluding carboxylic acids is 1. The third-order valence-corrected chi connectivity index (χ3v) is 5.20. The molecule has 1 aromatic heterocycles. The molecule has 1 atom stereocenters. The van der Waals surface area contributed by atoms with Crippen molar-refractivity contribution in [3.8, 4) is 0 Å². The molecule has 3 rings (SSSR count). The molecule has 0 bridgehead atoms. The summed E-state index contributed by atoms with van der Waals surface area (Å²) >= 11 is 0. The Morgan fingerprint density at radius 1 is 1.31 bits per heavy atom. The van der Waals surface area contributed by atoms with Gasteiger partial charge in [0.15, 0.2) is 0 Å². The molecule has 5 nitrogen and oxygen atoms in total. The summed E-state index contributed by atoms with van der Waals surface area (Å²) in [6.07, 6.45) is 8.21. The van der Waals surface area contributed by atoms with Crippen molar-refractivity contribution in [3.05, 3.63) is 54.6 Å². The molecule has 1 aliphatic rings. The van der Waals surface area contributed by atoms with E-state index in [-0.39, 0.29) is 5.91 Å². The molecule has 140 valence electrons. The second-order valence-corrected chi connectivity index (χ2v) is 7.21. The van der Waals surface area contributed by atoms with Gasteiger partial charge in [-0.3, -0.25) is 9.69 Å². The molecule has 0 spiro atoms. The highest BCUT2D eigenvalue weighted by Gasteiger charge is 2.25. The van der Waals surface area contributed by atoms with E-state index in [9.17, 15) is 4.79 Å². The number of amides is 1. The van der Waals surface area contributed by atoms with Gasteiger partial charge >= 0.3 is 0 Å². The van der Waals surface area contributed by atoms with Gasteiger partial charge in [0.2, 0.25) is 5.91 Å². The van der Waals surface area contributed by atoms with Crippen LogP contribution in [0.3, 0.4) is 0 Å². The fourth-order valence-electron chi connectivity index (χ4n) is 3.76. The maximum absolute atomic E-state index is 12.6. The zero-order valence-electron chi connectivity index (χ0n) is 15.8. The highest BCUT2D eigenvalue weighted by Crippen LogP contribution is 2.20. The molecular weight excluding hydrogens is 324 g/mol. The van der Waals surface area contributed by atoms with Gasteiger partial charge in [-0.25, -0.2) is 4.98 Å². The number of carbonyl (C=O) groups is 1. The van der Waals surface area contributed by atoms with E-state index in [2.05, 4.69) is 47.1 Å². The van der Waals surface area contributed by atoms with Crippen molar-refractivity contribution in [2.24, 2.45) is 5.92 Å². The minimum absolute atomic E-state index is 0.286. The highest BCUT2D eigenvalue weighted by molar-refractivity contribution is 5.76. The van der Waals surface area contributed by atoms with E-state index in [1.165, 1.54) is 12.0 Å². The number of likely N-dealkylation sites (tertiary alicyclic amines) is 1. The van der Waals surface area contributed by atoms with Crippen LogP contribution in [0.2, 0.25) is 0 Å². The fourth-order valence-corrected chi connectivity index (χ4v) is 3.76. The molecule has 26 heavy (non-hydrogen) atoms. The smallest absolute Gasteiger partial charge is 0.222 e. The first-order valence-electron chi connectivity index (χ1n) is 9.74. The summed E-state index contributed by atoms with van der Waals surface area (Å²) in [5, 5.41) is 0. The zero-order valence-corrected chi connectivity index (χ0v) is 15.8. The standard InChI is InChI=1S/C21H30N4O/c1-2-25(21(26)9-6-12-23-14-11-22-18-23)17-20-10-13-24(16-20)15-19-7-4-3-5-8-19/h3-5,7-8,11,14,18,20H,2,6,9-10,12-13,15-17H2,1H3. The Balaban J connectivity index is 1.40. The average molecular weight is 354 g/mol. The Bertz CT molecular complexity index is 656. The third-order valence-electron chi connectivity index (χ3n) is 5.20. The predicted octanol–water partition coefficient (Wildman–Crippen LogP) is 3.03. The lowest BCUT2D eigenvalue weighted by Gasteiger charge is -2.25. The average Bonchev–Trinajstić information content (AvgIpc) is 3.32. The van der Waals surface area contributed by atoms with Crippen molar-refractivity contribution in [2.75, 3.05) is 26.2 Å². The zero-order chi connectivity index (χ0) is 18.2. The van der Waals surface area contributed by atoms with Gasteiger partial charge in [0.05, 0.1) is 6.33 Å². The van der Waals surface area contributed by atoms with Crippen LogP contribution in [0.5, 0.6) is 0 Å². The van der Waals surface area contributed by atoms with Crippen LogP contribution in [-0.2, 0) is 17.9 Å². The monoisotopic (exact) mass is 354 g/mol. The van der Waals surface area contributed by atoms with E-state index in [4.69, 9.17) is 0 Å². The summed E-state index contributed by atoms with van der Waals surface area (Å²) in [5.41, 5.74) is 1.37. The Kier molecular flexibility index (Phi) is 6.83. The van der Waals surface area contributed by atoms with Crippen molar-refractivity contribution in [3.63, 3.8) is 0 Å². The van der Waals surface area contributed by atoms with Crippen molar-refractivity contribution in [1.29, 1.82) is 0 Å². The van der Waals surface area contributed by atoms with Gasteiger partial charge in [-0.05, 0) is 37.8 Å². The molecule has 0 N–H and O–H groups in total. The van der Waals surface area contributed by atoms with Gasteiger partial charge in [0, 0.05) is 51.5 Å². The minimum Gasteiger partial charge on any atom is -0.343 e. The van der Waals surface area contributed by atoms with Crippen LogP contribution in [0.1, 0.15) is 31.7 Å². The molecule has 1 amide bonds. The van der Waals surface area contributed by atoms with Crippen LogP contribution >= 0.6 is 0 Å². The number of aryl methyl sites for hydroxylation is 1. The van der Waals surface area contributed by atoms with Gasteiger partial charge in [-0.1, -0.05) is 30.3 Å². The number of rotatable bonds is 9. The maximum Gasteiger partial charge on any atom is 0.222 e. The van der Waals surface area contributed by atoms with Gasteiger partial charge < -0.3 is 9.47 Å². The SMILES string of the molecule is CCN(CC1CCN(Cc2ccccc2)C1)C(=O)CCCn1ccnc1. The molecule has 2 aromatic rings. The molecule has 0 aliphatic carbocycles. The van der Waals surface area contributed by atoms with E-state index in [1.54, 1.807) is 6.20 Å². The van der Waals surface area contributed by atoms with Gasteiger partial charge in [-0.15, -0.1) is 0 Å². The Hall–Kier alpha value is -2.14. The molecule has 0 radical (unpaired) electrons. The third kappa shape index (κ3) is 5.43. The molecular formula is C21H30N4O. The highest BCUT2D eigenvalue weighted by atomic mass is 16.2. The molecule has 2 heterocycles. The van der Waals surface area contributed by atoms with Crippen molar-refractivity contribution in [1.82, 2.24) is 19.4 Å². The predicted molar refractivity (Wildman–Crippen MR) is 104 cm³/mol. The number of hydrogen-bond donors (Lipinski definition) is 0. The summed E-state index contributed by atoms with van der Waals surface area (Å²) in [6.45, 7) is 7.88. The molecule has 1 fully saturated rings. The Morgan fingerprint density at radius 3 is 2.88 bits per heavy atom. The topological polar surface area (TPSA) is 41.4 Å². The molecule has 5 heteroatoms. The van der Waals surface area contributed by atoms with Crippen LogP contribution in [0.4, 0.5) is 0 Å². The van der Waals surface area contributed by atoms with E-state index in [0.29, 0.717) is 12.3 Å². The molecule has 1 unspecified atom stereocenters. The summed E-state index contributed by atoms with van der Waals surface area (Å²) in [4.78, 5) is 21.1. The molecule has 0 saturated carbocycles.